The van der Waals surface area contributed by atoms with Gasteiger partial charge in [-0.25, -0.2) is 4.98 Å². The number of methoxy groups -OCH3 is 1. The number of hydrogen-bond acceptors (Lipinski definition) is 3. The summed E-state index contributed by atoms with van der Waals surface area (Å²) in [6.07, 6.45) is 1.77. The molecule has 0 aliphatic heterocycles. The first kappa shape index (κ1) is 12.9. The van der Waals surface area contributed by atoms with Gasteiger partial charge in [0.05, 0.1) is 11.6 Å². The molecule has 1 unspecified atom stereocenters. The van der Waals surface area contributed by atoms with Gasteiger partial charge in [-0.1, -0.05) is 12.1 Å². The smallest absolute Gasteiger partial charge is 0.140 e. The van der Waals surface area contributed by atoms with Gasteiger partial charge < -0.3 is 10.1 Å². The number of aromatic nitrogens is 1. The zero-order valence-electron chi connectivity index (χ0n) is 10.4. The summed E-state index contributed by atoms with van der Waals surface area (Å²) in [5, 5.41) is 3.37. The Morgan fingerprint density at radius 1 is 1.22 bits per heavy atom. The van der Waals surface area contributed by atoms with Gasteiger partial charge in [0.15, 0.2) is 0 Å². The van der Waals surface area contributed by atoms with E-state index in [4.69, 9.17) is 4.74 Å². The van der Waals surface area contributed by atoms with Gasteiger partial charge in [-0.2, -0.15) is 0 Å². The van der Waals surface area contributed by atoms with Crippen molar-refractivity contribution in [2.24, 2.45) is 0 Å². The highest BCUT2D eigenvalue weighted by molar-refractivity contribution is 9.10. The Balaban J connectivity index is 2.11. The monoisotopic (exact) mass is 306 g/mol. The molecule has 4 heteroatoms. The SMILES string of the molecule is COc1ccc(C(C)Nc2ncccc2Br)cc1. The summed E-state index contributed by atoms with van der Waals surface area (Å²) in [5.41, 5.74) is 1.19. The first-order valence-electron chi connectivity index (χ1n) is 5.71. The van der Waals surface area contributed by atoms with E-state index >= 15 is 0 Å². The van der Waals surface area contributed by atoms with Gasteiger partial charge in [-0.05, 0) is 52.7 Å². The lowest BCUT2D eigenvalue weighted by atomic mass is 10.1. The molecule has 1 atom stereocenters. The molecule has 1 aromatic carbocycles. The largest absolute Gasteiger partial charge is 0.497 e. The second-order valence-electron chi connectivity index (χ2n) is 3.97. The van der Waals surface area contributed by atoms with Crippen LogP contribution in [0.4, 0.5) is 5.82 Å². The standard InChI is InChI=1S/C14H15BrN2O/c1-10(11-5-7-12(18-2)8-6-11)17-14-13(15)4-3-9-16-14/h3-10H,1-2H3,(H,16,17). The minimum atomic E-state index is 0.183. The molecule has 0 amide bonds. The van der Waals surface area contributed by atoms with Crippen LogP contribution >= 0.6 is 15.9 Å². The summed E-state index contributed by atoms with van der Waals surface area (Å²) in [7, 11) is 1.67. The van der Waals surface area contributed by atoms with Gasteiger partial charge in [-0.15, -0.1) is 0 Å². The highest BCUT2D eigenvalue weighted by atomic mass is 79.9. The van der Waals surface area contributed by atoms with Crippen molar-refractivity contribution < 1.29 is 4.74 Å². The molecular formula is C14H15BrN2O. The molecule has 0 bridgehead atoms. The third kappa shape index (κ3) is 3.01. The molecule has 1 aromatic heterocycles. The van der Waals surface area contributed by atoms with E-state index in [-0.39, 0.29) is 6.04 Å². The minimum Gasteiger partial charge on any atom is -0.497 e. The van der Waals surface area contributed by atoms with Crippen molar-refractivity contribution in [3.05, 3.63) is 52.6 Å². The van der Waals surface area contributed by atoms with E-state index in [1.807, 2.05) is 36.4 Å². The number of pyridine rings is 1. The van der Waals surface area contributed by atoms with Crippen molar-refractivity contribution in [2.75, 3.05) is 12.4 Å². The third-order valence-electron chi connectivity index (χ3n) is 2.73. The fraction of sp³-hybridized carbons (Fsp3) is 0.214. The first-order valence-corrected chi connectivity index (χ1v) is 6.51. The summed E-state index contributed by atoms with van der Waals surface area (Å²) in [5.74, 6) is 1.71. The molecule has 18 heavy (non-hydrogen) atoms. The molecule has 1 heterocycles. The lowest BCUT2D eigenvalue weighted by Crippen LogP contribution is -2.08. The van der Waals surface area contributed by atoms with Gasteiger partial charge in [0.2, 0.25) is 0 Å². The van der Waals surface area contributed by atoms with Gasteiger partial charge in [0, 0.05) is 12.2 Å². The topological polar surface area (TPSA) is 34.1 Å². The molecule has 0 fully saturated rings. The predicted molar refractivity (Wildman–Crippen MR) is 77.0 cm³/mol. The van der Waals surface area contributed by atoms with Crippen LogP contribution in [0.2, 0.25) is 0 Å². The molecule has 2 aromatic rings. The fourth-order valence-electron chi connectivity index (χ4n) is 1.67. The van der Waals surface area contributed by atoms with Crippen LogP contribution in [-0.2, 0) is 0 Å². The van der Waals surface area contributed by atoms with Crippen LogP contribution < -0.4 is 10.1 Å². The Hall–Kier alpha value is -1.55. The van der Waals surface area contributed by atoms with Gasteiger partial charge in [-0.3, -0.25) is 0 Å². The van der Waals surface area contributed by atoms with Crippen molar-refractivity contribution in [2.45, 2.75) is 13.0 Å². The Kier molecular flexibility index (Phi) is 4.20. The Morgan fingerprint density at radius 2 is 1.94 bits per heavy atom. The zero-order valence-corrected chi connectivity index (χ0v) is 11.9. The average Bonchev–Trinajstić information content (AvgIpc) is 2.41. The maximum absolute atomic E-state index is 5.15. The minimum absolute atomic E-state index is 0.183. The number of nitrogens with zero attached hydrogens (tertiary/aromatic N) is 1. The van der Waals surface area contributed by atoms with Crippen LogP contribution in [-0.4, -0.2) is 12.1 Å². The molecular weight excluding hydrogens is 292 g/mol. The number of ether oxygens (including phenoxy) is 1. The van der Waals surface area contributed by atoms with E-state index in [0.717, 1.165) is 16.0 Å². The number of hydrogen-bond donors (Lipinski definition) is 1. The van der Waals surface area contributed by atoms with Crippen molar-refractivity contribution in [3.63, 3.8) is 0 Å². The quantitative estimate of drug-likeness (QED) is 0.926. The lowest BCUT2D eigenvalue weighted by Gasteiger charge is -2.16. The van der Waals surface area contributed by atoms with Gasteiger partial charge in [0.25, 0.3) is 0 Å². The molecule has 1 N–H and O–H groups in total. The van der Waals surface area contributed by atoms with E-state index in [1.54, 1.807) is 13.3 Å². The van der Waals surface area contributed by atoms with Crippen LogP contribution in [0.1, 0.15) is 18.5 Å². The maximum Gasteiger partial charge on any atom is 0.140 e. The van der Waals surface area contributed by atoms with Crippen LogP contribution in [0.15, 0.2) is 47.1 Å². The van der Waals surface area contributed by atoms with Crippen molar-refractivity contribution in [1.82, 2.24) is 4.98 Å². The summed E-state index contributed by atoms with van der Waals surface area (Å²) in [6.45, 7) is 2.10. The third-order valence-corrected chi connectivity index (χ3v) is 3.37. The second-order valence-corrected chi connectivity index (χ2v) is 4.83. The number of anilines is 1. The molecule has 0 aliphatic carbocycles. The molecule has 0 aliphatic rings. The molecule has 2 rings (SSSR count). The molecule has 0 spiro atoms. The first-order chi connectivity index (χ1) is 8.70. The Labute approximate surface area is 115 Å². The Morgan fingerprint density at radius 3 is 2.56 bits per heavy atom. The molecule has 0 radical (unpaired) electrons. The molecule has 94 valence electrons. The number of rotatable bonds is 4. The number of halogens is 1. The summed E-state index contributed by atoms with van der Waals surface area (Å²) in [6, 6.07) is 12.1. The van der Waals surface area contributed by atoms with Crippen LogP contribution in [0.5, 0.6) is 5.75 Å². The van der Waals surface area contributed by atoms with Crippen LogP contribution in [0, 0.1) is 0 Å². The highest BCUT2D eigenvalue weighted by Gasteiger charge is 2.08. The molecule has 0 saturated carbocycles. The van der Waals surface area contributed by atoms with E-state index in [0.29, 0.717) is 0 Å². The summed E-state index contributed by atoms with van der Waals surface area (Å²) >= 11 is 3.48. The van der Waals surface area contributed by atoms with Crippen molar-refractivity contribution in [3.8, 4) is 5.75 Å². The number of nitrogens with one attached hydrogen (secondary N) is 1. The Bertz CT molecular complexity index is 513. The van der Waals surface area contributed by atoms with Crippen molar-refractivity contribution in [1.29, 1.82) is 0 Å². The fourth-order valence-corrected chi connectivity index (χ4v) is 2.04. The second kappa shape index (κ2) is 5.87. The van der Waals surface area contributed by atoms with Crippen molar-refractivity contribution >= 4 is 21.7 Å². The van der Waals surface area contributed by atoms with Gasteiger partial charge >= 0.3 is 0 Å². The van der Waals surface area contributed by atoms with E-state index in [1.165, 1.54) is 5.56 Å². The predicted octanol–water partition coefficient (Wildman–Crippen LogP) is 4.03. The number of benzene rings is 1. The zero-order chi connectivity index (χ0) is 13.0. The van der Waals surface area contributed by atoms with Crippen LogP contribution in [0.3, 0.4) is 0 Å². The highest BCUT2D eigenvalue weighted by Crippen LogP contribution is 2.24. The van der Waals surface area contributed by atoms with E-state index < -0.39 is 0 Å². The average molecular weight is 307 g/mol. The molecule has 3 nitrogen and oxygen atoms in total. The summed E-state index contributed by atoms with van der Waals surface area (Å²) in [4.78, 5) is 4.29. The molecule has 0 saturated heterocycles. The van der Waals surface area contributed by atoms with Crippen LogP contribution in [0.25, 0.3) is 0 Å². The van der Waals surface area contributed by atoms with Gasteiger partial charge in [0.1, 0.15) is 11.6 Å². The normalized spacial score (nSPS) is 11.9. The van der Waals surface area contributed by atoms with E-state index in [9.17, 15) is 0 Å². The van der Waals surface area contributed by atoms with E-state index in [2.05, 4.69) is 33.2 Å². The summed E-state index contributed by atoms with van der Waals surface area (Å²) < 4.78 is 6.11. The maximum atomic E-state index is 5.15. The lowest BCUT2D eigenvalue weighted by molar-refractivity contribution is 0.414.